The van der Waals surface area contributed by atoms with Crippen LogP contribution in [0.4, 0.5) is 5.69 Å². The van der Waals surface area contributed by atoms with E-state index >= 15 is 0 Å². The van der Waals surface area contributed by atoms with Crippen LogP contribution in [-0.2, 0) is 6.61 Å². The van der Waals surface area contributed by atoms with Crippen molar-refractivity contribution < 1.29 is 9.66 Å². The van der Waals surface area contributed by atoms with E-state index in [4.69, 9.17) is 4.74 Å². The van der Waals surface area contributed by atoms with Crippen LogP contribution in [-0.4, -0.2) is 9.91 Å². The van der Waals surface area contributed by atoms with Crippen molar-refractivity contribution in [2.24, 2.45) is 0 Å². The topological polar surface area (TPSA) is 65.3 Å². The fourth-order valence-electron chi connectivity index (χ4n) is 1.52. The van der Waals surface area contributed by atoms with Crippen LogP contribution in [0.25, 0.3) is 0 Å². The summed E-state index contributed by atoms with van der Waals surface area (Å²) in [6.45, 7) is 2.06. The predicted molar refractivity (Wildman–Crippen MR) is 66.4 cm³/mol. The Balaban J connectivity index is 2.07. The standard InChI is InChI=1S/C13H12N2O3/c1-10-7-13(14-8-12(10)15(16)17)18-9-11-5-3-2-4-6-11/h2-8H,9H2,1H3. The van der Waals surface area contributed by atoms with Crippen LogP contribution in [0.1, 0.15) is 11.1 Å². The van der Waals surface area contributed by atoms with Crippen molar-refractivity contribution in [2.45, 2.75) is 13.5 Å². The van der Waals surface area contributed by atoms with E-state index in [1.165, 1.54) is 6.20 Å². The molecule has 18 heavy (non-hydrogen) atoms. The highest BCUT2D eigenvalue weighted by Crippen LogP contribution is 2.20. The van der Waals surface area contributed by atoms with Crippen molar-refractivity contribution in [1.29, 1.82) is 0 Å². The van der Waals surface area contributed by atoms with Crippen molar-refractivity contribution in [3.05, 3.63) is 63.8 Å². The molecular weight excluding hydrogens is 232 g/mol. The maximum Gasteiger partial charge on any atom is 0.290 e. The minimum atomic E-state index is -0.455. The van der Waals surface area contributed by atoms with E-state index in [9.17, 15) is 10.1 Å². The van der Waals surface area contributed by atoms with Gasteiger partial charge < -0.3 is 4.74 Å². The molecule has 0 saturated carbocycles. The summed E-state index contributed by atoms with van der Waals surface area (Å²) in [6.07, 6.45) is 1.22. The molecule has 5 nitrogen and oxygen atoms in total. The molecular formula is C13H12N2O3. The van der Waals surface area contributed by atoms with E-state index in [1.807, 2.05) is 30.3 Å². The molecule has 0 bridgehead atoms. The van der Waals surface area contributed by atoms with E-state index in [0.717, 1.165) is 5.56 Å². The van der Waals surface area contributed by atoms with Gasteiger partial charge in [0.15, 0.2) is 0 Å². The van der Waals surface area contributed by atoms with Crippen molar-refractivity contribution in [1.82, 2.24) is 4.98 Å². The lowest BCUT2D eigenvalue weighted by Crippen LogP contribution is -1.99. The number of nitrogens with zero attached hydrogens (tertiary/aromatic N) is 2. The molecule has 5 heteroatoms. The average molecular weight is 244 g/mol. The third-order valence-corrected chi connectivity index (χ3v) is 2.48. The van der Waals surface area contributed by atoms with Crippen molar-refractivity contribution in [3.8, 4) is 5.88 Å². The lowest BCUT2D eigenvalue weighted by atomic mass is 10.2. The monoisotopic (exact) mass is 244 g/mol. The van der Waals surface area contributed by atoms with Gasteiger partial charge in [-0.15, -0.1) is 0 Å². The molecule has 0 atom stereocenters. The first-order valence-electron chi connectivity index (χ1n) is 5.44. The molecule has 1 heterocycles. The molecule has 0 aliphatic heterocycles. The first-order valence-corrected chi connectivity index (χ1v) is 5.44. The highest BCUT2D eigenvalue weighted by Gasteiger charge is 2.11. The minimum absolute atomic E-state index is 0.00191. The number of aryl methyl sites for hydroxylation is 1. The smallest absolute Gasteiger partial charge is 0.290 e. The zero-order valence-corrected chi connectivity index (χ0v) is 9.87. The van der Waals surface area contributed by atoms with E-state index < -0.39 is 4.92 Å². The van der Waals surface area contributed by atoms with Gasteiger partial charge in [-0.05, 0) is 12.5 Å². The molecule has 2 aromatic rings. The number of rotatable bonds is 4. The molecule has 2 rings (SSSR count). The minimum Gasteiger partial charge on any atom is -0.473 e. The van der Waals surface area contributed by atoms with Gasteiger partial charge in [0.2, 0.25) is 5.88 Å². The first-order chi connectivity index (χ1) is 8.66. The number of nitro groups is 1. The van der Waals surface area contributed by atoms with E-state index in [-0.39, 0.29) is 5.69 Å². The predicted octanol–water partition coefficient (Wildman–Crippen LogP) is 2.88. The van der Waals surface area contributed by atoms with Gasteiger partial charge >= 0.3 is 0 Å². The Kier molecular flexibility index (Phi) is 3.52. The number of ether oxygens (including phenoxy) is 1. The van der Waals surface area contributed by atoms with E-state index in [2.05, 4.69) is 4.98 Å². The quantitative estimate of drug-likeness (QED) is 0.612. The molecule has 1 aromatic heterocycles. The maximum absolute atomic E-state index is 10.6. The SMILES string of the molecule is Cc1cc(OCc2ccccc2)ncc1[N+](=O)[O-]. The van der Waals surface area contributed by atoms with Gasteiger partial charge in [-0.3, -0.25) is 10.1 Å². The normalized spacial score (nSPS) is 10.1. The third kappa shape index (κ3) is 2.82. The summed E-state index contributed by atoms with van der Waals surface area (Å²) in [6, 6.07) is 11.2. The highest BCUT2D eigenvalue weighted by atomic mass is 16.6. The van der Waals surface area contributed by atoms with Gasteiger partial charge in [-0.25, -0.2) is 4.98 Å². The summed E-state index contributed by atoms with van der Waals surface area (Å²) in [7, 11) is 0. The molecule has 0 aliphatic carbocycles. The lowest BCUT2D eigenvalue weighted by Gasteiger charge is -2.05. The fourth-order valence-corrected chi connectivity index (χ4v) is 1.52. The average Bonchev–Trinajstić information content (AvgIpc) is 2.37. The summed E-state index contributed by atoms with van der Waals surface area (Å²) in [4.78, 5) is 14.1. The molecule has 92 valence electrons. The molecule has 0 saturated heterocycles. The molecule has 1 aromatic carbocycles. The van der Waals surface area contributed by atoms with E-state index in [1.54, 1.807) is 13.0 Å². The molecule has 0 radical (unpaired) electrons. The van der Waals surface area contributed by atoms with Gasteiger partial charge in [0.25, 0.3) is 5.69 Å². The van der Waals surface area contributed by atoms with Crippen LogP contribution in [0.15, 0.2) is 42.6 Å². The molecule has 0 N–H and O–H groups in total. The fraction of sp³-hybridized carbons (Fsp3) is 0.154. The second-order valence-electron chi connectivity index (χ2n) is 3.84. The van der Waals surface area contributed by atoms with Crippen molar-refractivity contribution in [2.75, 3.05) is 0 Å². The number of hydrogen-bond donors (Lipinski definition) is 0. The van der Waals surface area contributed by atoms with Crippen LogP contribution < -0.4 is 4.74 Å². The highest BCUT2D eigenvalue weighted by molar-refractivity contribution is 5.39. The summed E-state index contributed by atoms with van der Waals surface area (Å²) in [5.41, 5.74) is 1.57. The van der Waals surface area contributed by atoms with Gasteiger partial charge in [-0.1, -0.05) is 30.3 Å². The number of hydrogen-bond acceptors (Lipinski definition) is 4. The van der Waals surface area contributed by atoms with Crippen molar-refractivity contribution in [3.63, 3.8) is 0 Å². The molecule has 0 unspecified atom stereocenters. The van der Waals surface area contributed by atoms with Crippen LogP contribution in [0.3, 0.4) is 0 Å². The summed E-state index contributed by atoms with van der Waals surface area (Å²) >= 11 is 0. The Hall–Kier alpha value is -2.43. The number of benzene rings is 1. The second-order valence-corrected chi connectivity index (χ2v) is 3.84. The van der Waals surface area contributed by atoms with E-state index in [0.29, 0.717) is 18.1 Å². The maximum atomic E-state index is 10.6. The Bertz CT molecular complexity index is 555. The van der Waals surface area contributed by atoms with Crippen LogP contribution >= 0.6 is 0 Å². The molecule has 0 spiro atoms. The van der Waals surface area contributed by atoms with Crippen LogP contribution in [0.2, 0.25) is 0 Å². The van der Waals surface area contributed by atoms with Gasteiger partial charge in [0.05, 0.1) is 4.92 Å². The van der Waals surface area contributed by atoms with Gasteiger partial charge in [0, 0.05) is 11.6 Å². The summed E-state index contributed by atoms with van der Waals surface area (Å²) in [5.74, 6) is 0.391. The Morgan fingerprint density at radius 3 is 2.67 bits per heavy atom. The molecule has 0 fully saturated rings. The van der Waals surface area contributed by atoms with Crippen LogP contribution in [0, 0.1) is 17.0 Å². The van der Waals surface area contributed by atoms with Crippen molar-refractivity contribution >= 4 is 5.69 Å². The first kappa shape index (κ1) is 12.0. The lowest BCUT2D eigenvalue weighted by molar-refractivity contribution is -0.385. The Labute approximate surface area is 104 Å². The Morgan fingerprint density at radius 1 is 1.33 bits per heavy atom. The van der Waals surface area contributed by atoms with Gasteiger partial charge in [0.1, 0.15) is 12.8 Å². The zero-order valence-electron chi connectivity index (χ0n) is 9.87. The number of pyridine rings is 1. The van der Waals surface area contributed by atoms with Gasteiger partial charge in [-0.2, -0.15) is 0 Å². The summed E-state index contributed by atoms with van der Waals surface area (Å²) in [5, 5.41) is 10.6. The van der Waals surface area contributed by atoms with Crippen LogP contribution in [0.5, 0.6) is 5.88 Å². The zero-order chi connectivity index (χ0) is 13.0. The molecule has 0 amide bonds. The number of aromatic nitrogens is 1. The second kappa shape index (κ2) is 5.27. The molecule has 0 aliphatic rings. The Morgan fingerprint density at radius 2 is 2.06 bits per heavy atom. The summed E-state index contributed by atoms with van der Waals surface area (Å²) < 4.78 is 5.47. The largest absolute Gasteiger partial charge is 0.473 e. The third-order valence-electron chi connectivity index (χ3n) is 2.48.